The van der Waals surface area contributed by atoms with Gasteiger partial charge in [-0.2, -0.15) is 0 Å². The Kier molecular flexibility index (Phi) is 5.79. The van der Waals surface area contributed by atoms with Gasteiger partial charge in [0.15, 0.2) is 0 Å². The van der Waals surface area contributed by atoms with Crippen LogP contribution in [0.4, 0.5) is 0 Å². The quantitative estimate of drug-likeness (QED) is 0.212. The highest BCUT2D eigenvalue weighted by Crippen LogP contribution is 2.42. The van der Waals surface area contributed by atoms with Crippen LogP contribution in [-0.2, 0) is 0 Å². The Morgan fingerprint density at radius 1 is 0.897 bits per heavy atom. The van der Waals surface area contributed by atoms with Gasteiger partial charge < -0.3 is 4.57 Å². The summed E-state index contributed by atoms with van der Waals surface area (Å²) in [5, 5.41) is 3.55. The maximum absolute atomic E-state index is 4.97. The Balaban J connectivity index is 1.62. The summed E-state index contributed by atoms with van der Waals surface area (Å²) >= 11 is 1.81. The van der Waals surface area contributed by atoms with Crippen LogP contribution in [0.2, 0.25) is 0 Å². The van der Waals surface area contributed by atoms with Gasteiger partial charge in [-0.3, -0.25) is 15.0 Å². The molecule has 0 atom stereocenters. The van der Waals surface area contributed by atoms with Gasteiger partial charge in [-0.05, 0) is 55.0 Å². The fourth-order valence-electron chi connectivity index (χ4n) is 5.44. The molecule has 7 rings (SSSR count). The smallest absolute Gasteiger partial charge is 0.0910 e. The monoisotopic (exact) mass is 522 g/mol. The lowest BCUT2D eigenvalue weighted by atomic mass is 10.0. The molecule has 4 aromatic heterocycles. The van der Waals surface area contributed by atoms with Gasteiger partial charge in [0.2, 0.25) is 0 Å². The lowest BCUT2D eigenvalue weighted by molar-refractivity contribution is 1.18. The topological polar surface area (TPSA) is 43.1 Å². The number of fused-ring (bicyclic) bond motifs is 7. The van der Waals surface area contributed by atoms with Crippen LogP contribution in [0.1, 0.15) is 18.9 Å². The van der Waals surface area contributed by atoms with Crippen molar-refractivity contribution in [2.45, 2.75) is 13.3 Å². The average molecular weight is 523 g/mol. The van der Waals surface area contributed by atoms with Gasteiger partial charge >= 0.3 is 0 Å². The van der Waals surface area contributed by atoms with E-state index in [9.17, 15) is 0 Å². The molecule has 0 amide bonds. The number of hydrogen-bond acceptors (Lipinski definition) is 4. The van der Waals surface area contributed by atoms with E-state index in [0.717, 1.165) is 51.1 Å². The van der Waals surface area contributed by atoms with Crippen LogP contribution in [0.25, 0.3) is 59.1 Å². The minimum absolute atomic E-state index is 0.935. The van der Waals surface area contributed by atoms with Crippen molar-refractivity contribution in [1.82, 2.24) is 14.5 Å². The Hall–Kier alpha value is -4.61. The number of para-hydroxylation sites is 1. The van der Waals surface area contributed by atoms with Crippen molar-refractivity contribution in [1.29, 1.82) is 0 Å². The number of benzene rings is 3. The maximum Gasteiger partial charge on any atom is 0.0910 e. The zero-order valence-electron chi connectivity index (χ0n) is 21.8. The zero-order chi connectivity index (χ0) is 26.3. The highest BCUT2D eigenvalue weighted by atomic mass is 32.1. The number of aromatic nitrogens is 3. The summed E-state index contributed by atoms with van der Waals surface area (Å²) in [7, 11) is 1.86. The van der Waals surface area contributed by atoms with Gasteiger partial charge in [-0.25, -0.2) is 0 Å². The molecule has 39 heavy (non-hydrogen) atoms. The van der Waals surface area contributed by atoms with Gasteiger partial charge in [0.05, 0.1) is 32.7 Å². The zero-order valence-corrected chi connectivity index (χ0v) is 22.6. The minimum Gasteiger partial charge on any atom is -0.308 e. The van der Waals surface area contributed by atoms with Crippen LogP contribution < -0.4 is 0 Å². The van der Waals surface area contributed by atoms with Crippen molar-refractivity contribution in [3.63, 3.8) is 0 Å². The second-order valence-electron chi connectivity index (χ2n) is 9.55. The predicted molar refractivity (Wildman–Crippen MR) is 167 cm³/mol. The summed E-state index contributed by atoms with van der Waals surface area (Å²) in [5.41, 5.74) is 8.48. The van der Waals surface area contributed by atoms with Crippen molar-refractivity contribution in [2.75, 3.05) is 7.05 Å². The van der Waals surface area contributed by atoms with Crippen LogP contribution in [0.3, 0.4) is 0 Å². The normalized spacial score (nSPS) is 12.5. The largest absolute Gasteiger partial charge is 0.308 e. The number of allylic oxidation sites excluding steroid dienone is 2. The number of rotatable bonds is 5. The van der Waals surface area contributed by atoms with Gasteiger partial charge in [0.1, 0.15) is 0 Å². The van der Waals surface area contributed by atoms with Gasteiger partial charge in [-0.1, -0.05) is 55.5 Å². The second kappa shape index (κ2) is 9.61. The van der Waals surface area contributed by atoms with E-state index in [1.54, 1.807) is 0 Å². The first-order valence-corrected chi connectivity index (χ1v) is 14.0. The van der Waals surface area contributed by atoms with Gasteiger partial charge in [0.25, 0.3) is 0 Å². The van der Waals surface area contributed by atoms with E-state index in [2.05, 4.69) is 106 Å². The molecular weight excluding hydrogens is 496 g/mol. The van der Waals surface area contributed by atoms with E-state index in [0.29, 0.717) is 0 Å². The average Bonchev–Trinajstić information content (AvgIpc) is 3.54. The highest BCUT2D eigenvalue weighted by Gasteiger charge is 2.19. The fraction of sp³-hybridized carbons (Fsp3) is 0.0882. The number of hydrogen-bond donors (Lipinski definition) is 0. The maximum atomic E-state index is 4.97. The van der Waals surface area contributed by atoms with E-state index < -0.39 is 0 Å². The third kappa shape index (κ3) is 3.85. The van der Waals surface area contributed by atoms with E-state index in [1.165, 1.54) is 25.7 Å². The summed E-state index contributed by atoms with van der Waals surface area (Å²) in [4.78, 5) is 14.3. The molecule has 0 aliphatic carbocycles. The lowest BCUT2D eigenvalue weighted by Crippen LogP contribution is -2.02. The van der Waals surface area contributed by atoms with Gasteiger partial charge in [-0.15, -0.1) is 11.3 Å². The molecule has 4 nitrogen and oxygen atoms in total. The van der Waals surface area contributed by atoms with Crippen LogP contribution >= 0.6 is 11.3 Å². The molecule has 0 aliphatic heterocycles. The molecule has 5 heteroatoms. The van der Waals surface area contributed by atoms with Crippen LogP contribution in [0, 0.1) is 0 Å². The number of pyridine rings is 2. The number of nitrogens with zero attached hydrogens (tertiary/aromatic N) is 4. The molecule has 0 N–H and O–H groups in total. The number of aliphatic imine (C=N–C) groups is 1. The molecule has 7 aromatic rings. The van der Waals surface area contributed by atoms with Crippen molar-refractivity contribution in [3.8, 4) is 16.9 Å². The molecule has 0 fully saturated rings. The van der Waals surface area contributed by atoms with E-state index in [1.807, 2.05) is 42.9 Å². The first-order valence-electron chi connectivity index (χ1n) is 13.2. The molecule has 188 valence electrons. The predicted octanol–water partition coefficient (Wildman–Crippen LogP) is 8.99. The van der Waals surface area contributed by atoms with Gasteiger partial charge in [0, 0.05) is 57.1 Å². The standard InChI is InChI=1S/C34H26N4S/c1-3-4-13-28(35-2)22-18-23(29-14-9-10-17-36-29)20-24(19-22)38-30-15-7-5-11-25(30)27-21-37-32-26-12-6-8-16-31(26)39-34(32)33(27)38/h4-21H,3H2,1-2H3/b13-4-,35-28?. The summed E-state index contributed by atoms with van der Waals surface area (Å²) in [5.74, 6) is 0. The van der Waals surface area contributed by atoms with E-state index >= 15 is 0 Å². The molecule has 0 bridgehead atoms. The SMILES string of the molecule is CC/C=C\C(=NC)c1cc(-c2ccccn2)cc(-n2c3ccccc3c3cnc4c5ccccc5sc4c32)c1. The molecule has 0 saturated heterocycles. The lowest BCUT2D eigenvalue weighted by Gasteiger charge is -2.14. The highest BCUT2D eigenvalue weighted by molar-refractivity contribution is 7.26. The number of thiophene rings is 1. The molecular formula is C34H26N4S. The Morgan fingerprint density at radius 3 is 2.54 bits per heavy atom. The fourth-order valence-corrected chi connectivity index (χ4v) is 6.63. The third-order valence-electron chi connectivity index (χ3n) is 7.21. The Bertz CT molecular complexity index is 2060. The van der Waals surface area contributed by atoms with Crippen molar-refractivity contribution >= 4 is 59.2 Å². The van der Waals surface area contributed by atoms with Crippen LogP contribution in [0.5, 0.6) is 0 Å². The van der Waals surface area contributed by atoms with Crippen LogP contribution in [0.15, 0.2) is 114 Å². The summed E-state index contributed by atoms with van der Waals surface area (Å²) in [6.45, 7) is 2.14. The molecule has 0 aliphatic rings. The summed E-state index contributed by atoms with van der Waals surface area (Å²) < 4.78 is 4.85. The molecule has 0 radical (unpaired) electrons. The molecule has 0 unspecified atom stereocenters. The van der Waals surface area contributed by atoms with E-state index in [-0.39, 0.29) is 0 Å². The Labute approximate surface area is 230 Å². The minimum atomic E-state index is 0.935. The van der Waals surface area contributed by atoms with Crippen molar-refractivity contribution in [3.05, 3.63) is 115 Å². The first-order chi connectivity index (χ1) is 19.3. The van der Waals surface area contributed by atoms with E-state index in [4.69, 9.17) is 4.98 Å². The second-order valence-corrected chi connectivity index (χ2v) is 10.6. The molecule has 0 saturated carbocycles. The summed E-state index contributed by atoms with van der Waals surface area (Å²) in [6.07, 6.45) is 9.11. The molecule has 3 aromatic carbocycles. The Morgan fingerprint density at radius 2 is 1.72 bits per heavy atom. The molecule has 0 spiro atoms. The van der Waals surface area contributed by atoms with Crippen LogP contribution in [-0.4, -0.2) is 27.3 Å². The summed E-state index contributed by atoms with van der Waals surface area (Å²) in [6, 6.07) is 29.9. The first kappa shape index (κ1) is 23.5. The van der Waals surface area contributed by atoms with Crippen molar-refractivity contribution in [2.24, 2.45) is 4.99 Å². The molecule has 4 heterocycles. The third-order valence-corrected chi connectivity index (χ3v) is 8.37. The van der Waals surface area contributed by atoms with Crippen molar-refractivity contribution < 1.29 is 0 Å².